The third-order valence-corrected chi connectivity index (χ3v) is 4.97. The molecule has 0 aliphatic carbocycles. The molecule has 178 valence electrons. The molecule has 0 heterocycles. The Kier molecular flexibility index (Phi) is 15.1. The van der Waals surface area contributed by atoms with Crippen LogP contribution in [0.2, 0.25) is 0 Å². The van der Waals surface area contributed by atoms with Crippen LogP contribution >= 0.6 is 11.8 Å². The van der Waals surface area contributed by atoms with Crippen LogP contribution in [0.25, 0.3) is 0 Å². The number of nitrogens with two attached hydrogens (primary N) is 3. The fraction of sp³-hybridized carbons (Fsp3) is 0.722. The minimum Gasteiger partial charge on any atom is -0.480 e. The third kappa shape index (κ3) is 12.8. The number of carbonyl (C=O) groups excluding carboxylic acids is 4. The van der Waals surface area contributed by atoms with Gasteiger partial charge in [0.2, 0.25) is 23.6 Å². The highest BCUT2D eigenvalue weighted by atomic mass is 32.2. The monoisotopic (exact) mass is 462 g/mol. The number of unbranched alkanes of at least 4 members (excludes halogenated alkanes) is 1. The molecule has 0 aliphatic heterocycles. The molecule has 0 saturated carbocycles. The summed E-state index contributed by atoms with van der Waals surface area (Å²) in [5.41, 5.74) is 15.8. The lowest BCUT2D eigenvalue weighted by molar-refractivity contribution is -0.142. The molecule has 10 N–H and O–H groups in total. The minimum absolute atomic E-state index is 0.0688. The summed E-state index contributed by atoms with van der Waals surface area (Å²) in [6.45, 7) is 0.0493. The zero-order valence-electron chi connectivity index (χ0n) is 17.7. The van der Waals surface area contributed by atoms with Gasteiger partial charge in [-0.25, -0.2) is 4.79 Å². The molecule has 0 aromatic rings. The van der Waals surface area contributed by atoms with Gasteiger partial charge in [0, 0.05) is 6.42 Å². The Balaban J connectivity index is 5.27. The summed E-state index contributed by atoms with van der Waals surface area (Å²) in [7, 11) is 0. The van der Waals surface area contributed by atoms with Crippen LogP contribution in [0.4, 0.5) is 0 Å². The number of carbonyl (C=O) groups is 5. The Morgan fingerprint density at radius 1 is 0.871 bits per heavy atom. The van der Waals surface area contributed by atoms with E-state index >= 15 is 0 Å². The van der Waals surface area contributed by atoms with E-state index in [0.717, 1.165) is 0 Å². The van der Waals surface area contributed by atoms with Crippen molar-refractivity contribution < 1.29 is 29.1 Å². The molecule has 0 radical (unpaired) electrons. The summed E-state index contributed by atoms with van der Waals surface area (Å²) in [5.74, 6) is -3.28. The van der Waals surface area contributed by atoms with E-state index in [1.807, 2.05) is 6.26 Å². The van der Waals surface area contributed by atoms with E-state index in [0.29, 0.717) is 25.1 Å². The number of aliphatic carboxylic acids is 1. The number of amides is 4. The van der Waals surface area contributed by atoms with Gasteiger partial charge in [-0.1, -0.05) is 0 Å². The summed E-state index contributed by atoms with van der Waals surface area (Å²) in [5, 5.41) is 16.7. The molecule has 4 amide bonds. The van der Waals surface area contributed by atoms with Gasteiger partial charge < -0.3 is 38.3 Å². The molecule has 0 saturated heterocycles. The fourth-order valence-electron chi connectivity index (χ4n) is 2.61. The topological polar surface area (TPSA) is 220 Å². The van der Waals surface area contributed by atoms with Crippen molar-refractivity contribution in [3.05, 3.63) is 0 Å². The van der Waals surface area contributed by atoms with Gasteiger partial charge in [0.1, 0.15) is 18.1 Å². The molecule has 0 rings (SSSR count). The minimum atomic E-state index is -1.19. The normalized spacial score (nSPS) is 13.5. The van der Waals surface area contributed by atoms with Gasteiger partial charge in [0.25, 0.3) is 0 Å². The van der Waals surface area contributed by atoms with Crippen LogP contribution in [0.15, 0.2) is 0 Å². The highest BCUT2D eigenvalue weighted by Crippen LogP contribution is 2.06. The lowest BCUT2D eigenvalue weighted by atomic mass is 10.1. The molecule has 3 atom stereocenters. The predicted octanol–water partition coefficient (Wildman–Crippen LogP) is -2.37. The van der Waals surface area contributed by atoms with Crippen molar-refractivity contribution in [1.29, 1.82) is 0 Å². The van der Waals surface area contributed by atoms with E-state index in [4.69, 9.17) is 17.2 Å². The molecular weight excluding hydrogens is 428 g/mol. The summed E-state index contributed by atoms with van der Waals surface area (Å²) in [6.07, 6.45) is 3.18. The number of nitrogens with one attached hydrogen (secondary N) is 3. The number of carboxylic acids is 1. The number of primary amides is 1. The Morgan fingerprint density at radius 3 is 1.94 bits per heavy atom. The first-order chi connectivity index (χ1) is 14.7. The largest absolute Gasteiger partial charge is 0.480 e. The lowest BCUT2D eigenvalue weighted by Crippen LogP contribution is -2.56. The first kappa shape index (κ1) is 28.6. The summed E-state index contributed by atoms with van der Waals surface area (Å²) < 4.78 is 0. The maximum atomic E-state index is 12.7. The van der Waals surface area contributed by atoms with Gasteiger partial charge in [0.05, 0.1) is 6.54 Å². The van der Waals surface area contributed by atoms with E-state index in [2.05, 4.69) is 16.0 Å². The third-order valence-electron chi connectivity index (χ3n) is 4.32. The van der Waals surface area contributed by atoms with Crippen LogP contribution in [-0.2, 0) is 24.0 Å². The van der Waals surface area contributed by atoms with Crippen molar-refractivity contribution in [2.24, 2.45) is 17.2 Å². The maximum absolute atomic E-state index is 12.7. The predicted molar refractivity (Wildman–Crippen MR) is 117 cm³/mol. The Morgan fingerprint density at radius 2 is 1.45 bits per heavy atom. The van der Waals surface area contributed by atoms with Crippen LogP contribution in [-0.4, -0.2) is 77.9 Å². The molecular formula is C18H34N6O6S. The summed E-state index contributed by atoms with van der Waals surface area (Å²) in [6, 6.07) is -3.26. The second-order valence-electron chi connectivity index (χ2n) is 6.86. The number of carboxylic acid groups (broad SMARTS) is 1. The molecule has 0 aromatic carbocycles. The smallest absolute Gasteiger partial charge is 0.326 e. The van der Waals surface area contributed by atoms with Gasteiger partial charge in [0.15, 0.2) is 0 Å². The standard InChI is InChI=1S/C18H34N6O6S/c1-31-9-7-12(17(28)24-13(18(29)30)4-2-3-8-19)23-16(27)11(5-6-14(21)25)22-15(26)10-20/h11-13H,2-10,19-20H2,1H3,(H2,21,25)(H,22,26)(H,23,27)(H,24,28)(H,29,30). The second-order valence-corrected chi connectivity index (χ2v) is 7.84. The van der Waals surface area contributed by atoms with Crippen molar-refractivity contribution in [3.8, 4) is 0 Å². The zero-order valence-corrected chi connectivity index (χ0v) is 18.5. The van der Waals surface area contributed by atoms with Crippen LogP contribution in [0.1, 0.15) is 38.5 Å². The van der Waals surface area contributed by atoms with E-state index < -0.39 is 47.7 Å². The quantitative estimate of drug-likeness (QED) is 0.115. The SMILES string of the molecule is CSCCC(NC(=O)C(CCC(N)=O)NC(=O)CN)C(=O)NC(CCCCN)C(=O)O. The van der Waals surface area contributed by atoms with Crippen molar-refractivity contribution in [2.75, 3.05) is 25.1 Å². The van der Waals surface area contributed by atoms with Crippen molar-refractivity contribution in [1.82, 2.24) is 16.0 Å². The molecule has 0 aromatic heterocycles. The molecule has 0 fully saturated rings. The van der Waals surface area contributed by atoms with Crippen molar-refractivity contribution in [3.63, 3.8) is 0 Å². The number of thioether (sulfide) groups is 1. The second kappa shape index (κ2) is 16.3. The van der Waals surface area contributed by atoms with E-state index in [1.165, 1.54) is 11.8 Å². The highest BCUT2D eigenvalue weighted by Gasteiger charge is 2.29. The van der Waals surface area contributed by atoms with Crippen molar-refractivity contribution >= 4 is 41.4 Å². The Bertz CT molecular complexity index is 620. The molecule has 0 bridgehead atoms. The zero-order chi connectivity index (χ0) is 23.8. The number of hydrogen-bond acceptors (Lipinski definition) is 8. The maximum Gasteiger partial charge on any atom is 0.326 e. The molecule has 0 spiro atoms. The molecule has 12 nitrogen and oxygen atoms in total. The molecule has 0 aliphatic rings. The van der Waals surface area contributed by atoms with Crippen molar-refractivity contribution in [2.45, 2.75) is 56.7 Å². The first-order valence-corrected chi connectivity index (χ1v) is 11.4. The summed E-state index contributed by atoms with van der Waals surface area (Å²) >= 11 is 1.44. The highest BCUT2D eigenvalue weighted by molar-refractivity contribution is 7.98. The van der Waals surface area contributed by atoms with Gasteiger partial charge >= 0.3 is 5.97 Å². The Labute approximate surface area is 185 Å². The molecule has 3 unspecified atom stereocenters. The average molecular weight is 463 g/mol. The molecule has 13 heteroatoms. The molecule has 31 heavy (non-hydrogen) atoms. The van der Waals surface area contributed by atoms with Gasteiger partial charge in [-0.3, -0.25) is 19.2 Å². The van der Waals surface area contributed by atoms with E-state index in [-0.39, 0.29) is 32.2 Å². The number of rotatable bonds is 17. The Hall–Kier alpha value is -2.38. The van der Waals surface area contributed by atoms with Crippen LogP contribution in [0.5, 0.6) is 0 Å². The average Bonchev–Trinajstić information content (AvgIpc) is 2.72. The lowest BCUT2D eigenvalue weighted by Gasteiger charge is -2.24. The summed E-state index contributed by atoms with van der Waals surface area (Å²) in [4.78, 5) is 59.5. The first-order valence-electron chi connectivity index (χ1n) is 9.96. The van der Waals surface area contributed by atoms with Gasteiger partial charge in [-0.2, -0.15) is 11.8 Å². The van der Waals surface area contributed by atoms with Gasteiger partial charge in [-0.15, -0.1) is 0 Å². The van der Waals surface area contributed by atoms with Crippen LogP contribution < -0.4 is 33.2 Å². The fourth-order valence-corrected chi connectivity index (χ4v) is 3.08. The number of hydrogen-bond donors (Lipinski definition) is 7. The van der Waals surface area contributed by atoms with E-state index in [1.54, 1.807) is 0 Å². The van der Waals surface area contributed by atoms with Gasteiger partial charge in [-0.05, 0) is 50.7 Å². The van der Waals surface area contributed by atoms with Crippen LogP contribution in [0.3, 0.4) is 0 Å². The van der Waals surface area contributed by atoms with E-state index in [9.17, 15) is 29.1 Å². The van der Waals surface area contributed by atoms with Crippen LogP contribution in [0, 0.1) is 0 Å².